The van der Waals surface area contributed by atoms with Crippen LogP contribution in [0.4, 0.5) is 0 Å². The number of nitrogens with zero attached hydrogens (tertiary/aromatic N) is 4. The summed E-state index contributed by atoms with van der Waals surface area (Å²) in [7, 11) is 3.79. The van der Waals surface area contributed by atoms with Crippen molar-refractivity contribution in [2.24, 2.45) is 15.8 Å². The van der Waals surface area contributed by atoms with Gasteiger partial charge in [0.25, 0.3) is 5.91 Å². The van der Waals surface area contributed by atoms with E-state index in [1.54, 1.807) is 4.90 Å². The van der Waals surface area contributed by atoms with Crippen molar-refractivity contribution in [3.63, 3.8) is 0 Å². The van der Waals surface area contributed by atoms with Gasteiger partial charge in [-0.15, -0.1) is 0 Å². The average Bonchev–Trinajstić information content (AvgIpc) is 2.75. The van der Waals surface area contributed by atoms with Crippen molar-refractivity contribution in [2.75, 3.05) is 14.1 Å². The van der Waals surface area contributed by atoms with E-state index >= 15 is 0 Å². The summed E-state index contributed by atoms with van der Waals surface area (Å²) < 4.78 is 0. The van der Waals surface area contributed by atoms with E-state index in [9.17, 15) is 9.59 Å². The van der Waals surface area contributed by atoms with Crippen LogP contribution in [0.15, 0.2) is 4.99 Å². The molecule has 2 amide bonds. The van der Waals surface area contributed by atoms with Crippen molar-refractivity contribution in [1.29, 1.82) is 0 Å². The molecule has 0 aliphatic carbocycles. The zero-order chi connectivity index (χ0) is 20.5. The maximum Gasteiger partial charge on any atom is 0.253 e. The number of likely N-dealkylation sites (N-methyl/N-ethyl adjacent to an activating group) is 2. The van der Waals surface area contributed by atoms with Gasteiger partial charge >= 0.3 is 0 Å². The first-order chi connectivity index (χ1) is 11.5. The molecule has 0 bridgehead atoms. The largest absolute Gasteiger partial charge is 0.328 e. The summed E-state index contributed by atoms with van der Waals surface area (Å²) in [4.78, 5) is 34.9. The van der Waals surface area contributed by atoms with Crippen LogP contribution in [-0.2, 0) is 9.59 Å². The van der Waals surface area contributed by atoms with Gasteiger partial charge in [0.15, 0.2) is 10.3 Å². The Morgan fingerprint density at radius 2 is 1.50 bits per heavy atom. The fourth-order valence-corrected chi connectivity index (χ4v) is 5.15. The highest BCUT2D eigenvalue weighted by molar-refractivity contribution is 8.15. The van der Waals surface area contributed by atoms with Gasteiger partial charge in [-0.2, -0.15) is 4.99 Å². The number of hydrogen-bond acceptors (Lipinski definition) is 4. The summed E-state index contributed by atoms with van der Waals surface area (Å²) >= 11 is 7.06. The molecule has 0 spiro atoms. The Morgan fingerprint density at radius 1 is 1.00 bits per heavy atom. The van der Waals surface area contributed by atoms with Crippen LogP contribution < -0.4 is 0 Å². The Labute approximate surface area is 166 Å². The van der Waals surface area contributed by atoms with Crippen molar-refractivity contribution in [3.8, 4) is 0 Å². The zero-order valence-electron chi connectivity index (χ0n) is 17.4. The Balaban J connectivity index is 2.58. The number of amidine groups is 1. The summed E-state index contributed by atoms with van der Waals surface area (Å²) in [5.74, 6) is -0.220. The number of carbonyl (C=O) groups is 2. The molecular formula is C18H30N4O2S2. The van der Waals surface area contributed by atoms with E-state index in [-0.39, 0.29) is 11.8 Å². The maximum absolute atomic E-state index is 13.2. The average molecular weight is 399 g/mol. The Hall–Kier alpha value is -1.15. The SMILES string of the molecule is CN1C(=S)N(C(=O)C(C)(C)C)[C@]2(C)SC(=NC(=O)C(C)(C)C)N(C)[C@]12C. The lowest BCUT2D eigenvalue weighted by atomic mass is 9.93. The number of carbonyl (C=O) groups excluding carboxylic acids is 2. The van der Waals surface area contributed by atoms with E-state index in [1.807, 2.05) is 79.3 Å². The van der Waals surface area contributed by atoms with Crippen LogP contribution in [0.3, 0.4) is 0 Å². The second-order valence-corrected chi connectivity index (χ2v) is 11.1. The number of fused-ring (bicyclic) bond motifs is 1. The summed E-state index contributed by atoms with van der Waals surface area (Å²) in [6, 6.07) is 0. The normalized spacial score (nSPS) is 31.1. The van der Waals surface area contributed by atoms with Gasteiger partial charge in [0, 0.05) is 24.9 Å². The molecule has 6 nitrogen and oxygen atoms in total. The molecule has 2 aliphatic rings. The molecular weight excluding hydrogens is 368 g/mol. The number of amides is 2. The second kappa shape index (κ2) is 5.92. The molecule has 2 fully saturated rings. The second-order valence-electron chi connectivity index (χ2n) is 9.35. The van der Waals surface area contributed by atoms with E-state index in [0.717, 1.165) is 0 Å². The van der Waals surface area contributed by atoms with Crippen LogP contribution in [0.5, 0.6) is 0 Å². The van der Waals surface area contributed by atoms with Crippen LogP contribution in [-0.4, -0.2) is 61.4 Å². The van der Waals surface area contributed by atoms with Crippen LogP contribution in [0.1, 0.15) is 55.4 Å². The molecule has 26 heavy (non-hydrogen) atoms. The maximum atomic E-state index is 13.2. The van der Waals surface area contributed by atoms with E-state index in [1.165, 1.54) is 11.8 Å². The van der Waals surface area contributed by atoms with E-state index < -0.39 is 21.4 Å². The van der Waals surface area contributed by atoms with Crippen LogP contribution in [0, 0.1) is 10.8 Å². The predicted molar refractivity (Wildman–Crippen MR) is 111 cm³/mol. The lowest BCUT2D eigenvalue weighted by Gasteiger charge is -2.42. The first-order valence-electron chi connectivity index (χ1n) is 8.68. The fourth-order valence-electron chi connectivity index (χ4n) is 3.12. The number of aliphatic imine (C=N–C) groups is 1. The van der Waals surface area contributed by atoms with E-state index in [2.05, 4.69) is 4.99 Å². The summed E-state index contributed by atoms with van der Waals surface area (Å²) in [6.07, 6.45) is 0. The lowest BCUT2D eigenvalue weighted by Crippen LogP contribution is -2.60. The third-order valence-electron chi connectivity index (χ3n) is 5.35. The topological polar surface area (TPSA) is 56.2 Å². The number of hydrogen-bond donors (Lipinski definition) is 0. The minimum Gasteiger partial charge on any atom is -0.328 e. The molecule has 2 rings (SSSR count). The first kappa shape index (κ1) is 21.2. The van der Waals surface area contributed by atoms with Crippen LogP contribution in [0.25, 0.3) is 0 Å². The monoisotopic (exact) mass is 398 g/mol. The van der Waals surface area contributed by atoms with Crippen molar-refractivity contribution in [3.05, 3.63) is 0 Å². The third kappa shape index (κ3) is 2.76. The van der Waals surface area contributed by atoms with Crippen molar-refractivity contribution in [2.45, 2.75) is 65.9 Å². The molecule has 0 unspecified atom stereocenters. The molecule has 0 N–H and O–H groups in total. The Bertz CT molecular complexity index is 707. The van der Waals surface area contributed by atoms with Gasteiger partial charge in [-0.3, -0.25) is 14.5 Å². The molecule has 0 radical (unpaired) electrons. The van der Waals surface area contributed by atoms with Gasteiger partial charge in [-0.05, 0) is 26.1 Å². The Kier molecular flexibility index (Phi) is 4.82. The standard InChI is InChI=1S/C18H30N4O2S2/c1-15(2,3)11(23)19-13-20(9)17(7)18(8,26-13)22(14(25)21(17)10)12(24)16(4,5)6/h1-10H3/t17-,18-/m1/s1. The lowest BCUT2D eigenvalue weighted by molar-refractivity contribution is -0.138. The predicted octanol–water partition coefficient (Wildman–Crippen LogP) is 3.13. The van der Waals surface area contributed by atoms with Crippen molar-refractivity contribution in [1.82, 2.24) is 14.7 Å². The summed E-state index contributed by atoms with van der Waals surface area (Å²) in [6.45, 7) is 15.2. The van der Waals surface area contributed by atoms with Gasteiger partial charge in [0.1, 0.15) is 10.5 Å². The molecule has 146 valence electrons. The van der Waals surface area contributed by atoms with Crippen molar-refractivity contribution >= 4 is 46.1 Å². The molecule has 0 aromatic rings. The summed E-state index contributed by atoms with van der Waals surface area (Å²) in [5.41, 5.74) is -1.73. The number of thiocarbonyl (C=S) groups is 1. The minimum absolute atomic E-state index is 0.0372. The molecule has 0 saturated carbocycles. The highest BCUT2D eigenvalue weighted by Crippen LogP contribution is 2.56. The number of rotatable bonds is 0. The fraction of sp³-hybridized carbons (Fsp3) is 0.778. The van der Waals surface area contributed by atoms with E-state index in [4.69, 9.17) is 12.2 Å². The van der Waals surface area contributed by atoms with Gasteiger partial charge in [0.2, 0.25) is 5.91 Å². The first-order valence-corrected chi connectivity index (χ1v) is 9.90. The molecule has 0 aromatic heterocycles. The van der Waals surface area contributed by atoms with Crippen LogP contribution >= 0.6 is 24.0 Å². The highest BCUT2D eigenvalue weighted by Gasteiger charge is 2.69. The van der Waals surface area contributed by atoms with Crippen LogP contribution in [0.2, 0.25) is 0 Å². The molecule has 2 atom stereocenters. The molecule has 8 heteroatoms. The molecule has 2 saturated heterocycles. The molecule has 2 heterocycles. The Morgan fingerprint density at radius 3 is 1.92 bits per heavy atom. The van der Waals surface area contributed by atoms with Crippen molar-refractivity contribution < 1.29 is 9.59 Å². The smallest absolute Gasteiger partial charge is 0.253 e. The molecule has 0 aromatic carbocycles. The minimum atomic E-state index is -0.686. The molecule has 2 aliphatic heterocycles. The van der Waals surface area contributed by atoms with Gasteiger partial charge in [-0.1, -0.05) is 53.3 Å². The highest BCUT2D eigenvalue weighted by atomic mass is 32.2. The van der Waals surface area contributed by atoms with Gasteiger partial charge in [0.05, 0.1) is 0 Å². The third-order valence-corrected chi connectivity index (χ3v) is 7.32. The van der Waals surface area contributed by atoms with Gasteiger partial charge < -0.3 is 9.80 Å². The van der Waals surface area contributed by atoms with E-state index in [0.29, 0.717) is 10.3 Å². The zero-order valence-corrected chi connectivity index (χ0v) is 19.1. The van der Waals surface area contributed by atoms with Gasteiger partial charge in [-0.25, -0.2) is 0 Å². The summed E-state index contributed by atoms with van der Waals surface area (Å²) in [5, 5.41) is 1.10. The quantitative estimate of drug-likeness (QED) is 0.584. The number of thioether (sulfide) groups is 1.